The Morgan fingerprint density at radius 2 is 1.05 bits per heavy atom. The molecular formula is C14H28O4Si4. The predicted octanol–water partition coefficient (Wildman–Crippen LogP) is 3.46. The Labute approximate surface area is 138 Å². The third-order valence-corrected chi connectivity index (χ3v) is 20.0. The van der Waals surface area contributed by atoms with Crippen molar-refractivity contribution >= 4 is 39.4 Å². The van der Waals surface area contributed by atoms with Crippen LogP contribution in [0.5, 0.6) is 0 Å². The number of aryl methyl sites for hydroxylation is 1. The highest BCUT2D eigenvalue weighted by atomic mass is 28.5. The van der Waals surface area contributed by atoms with Crippen LogP contribution < -0.4 is 5.19 Å². The van der Waals surface area contributed by atoms with Crippen molar-refractivity contribution in [2.24, 2.45) is 0 Å². The molecule has 1 fully saturated rings. The minimum Gasteiger partial charge on any atom is -0.416 e. The molecule has 1 aromatic carbocycles. The van der Waals surface area contributed by atoms with Crippen molar-refractivity contribution in [3.05, 3.63) is 29.8 Å². The van der Waals surface area contributed by atoms with Gasteiger partial charge in [0.2, 0.25) is 0 Å². The highest BCUT2D eigenvalue weighted by molar-refractivity contribution is 6.97. The molecule has 0 saturated carbocycles. The molecule has 0 atom stereocenters. The minimum absolute atomic E-state index is 1.18. The van der Waals surface area contributed by atoms with E-state index in [1.807, 2.05) is 6.07 Å². The zero-order chi connectivity index (χ0) is 16.8. The van der Waals surface area contributed by atoms with Gasteiger partial charge in [0.25, 0.3) is 0 Å². The van der Waals surface area contributed by atoms with E-state index in [1.54, 1.807) is 0 Å². The minimum atomic E-state index is -2.58. The molecule has 124 valence electrons. The van der Waals surface area contributed by atoms with Gasteiger partial charge in [0, 0.05) is 0 Å². The Balaban J connectivity index is 2.49. The highest BCUT2D eigenvalue weighted by Crippen LogP contribution is 2.30. The second kappa shape index (κ2) is 5.78. The number of benzene rings is 1. The molecule has 22 heavy (non-hydrogen) atoms. The van der Waals surface area contributed by atoms with Crippen LogP contribution in [0.1, 0.15) is 5.56 Å². The first kappa shape index (κ1) is 18.3. The van der Waals surface area contributed by atoms with Crippen molar-refractivity contribution in [3.8, 4) is 0 Å². The molecule has 0 aliphatic carbocycles. The molecular weight excluding hydrogens is 344 g/mol. The Morgan fingerprint density at radius 3 is 1.50 bits per heavy atom. The summed E-state index contributed by atoms with van der Waals surface area (Å²) in [5, 5.41) is 1.18. The van der Waals surface area contributed by atoms with Crippen LogP contribution in [-0.4, -0.2) is 34.2 Å². The van der Waals surface area contributed by atoms with Gasteiger partial charge in [-0.3, -0.25) is 0 Å². The van der Waals surface area contributed by atoms with E-state index in [1.165, 1.54) is 10.8 Å². The molecule has 0 aromatic heterocycles. The van der Waals surface area contributed by atoms with Crippen molar-refractivity contribution in [1.29, 1.82) is 0 Å². The van der Waals surface area contributed by atoms with Gasteiger partial charge in [-0.1, -0.05) is 24.3 Å². The van der Waals surface area contributed by atoms with E-state index in [4.69, 9.17) is 16.5 Å². The van der Waals surface area contributed by atoms with Crippen molar-refractivity contribution in [2.75, 3.05) is 0 Å². The summed E-state index contributed by atoms with van der Waals surface area (Å²) in [6.07, 6.45) is 0. The quantitative estimate of drug-likeness (QED) is 0.708. The standard InChI is InChI=1S/C14H28O4Si4/c1-13-11-9-10-12-14(13)22(8)17-20(4,5)15-19(2,3)16-21(6,7)18-22/h9-12H,1-8H3. The summed E-state index contributed by atoms with van der Waals surface area (Å²) in [7, 11) is -9.44. The Kier molecular flexibility index (Phi) is 4.80. The van der Waals surface area contributed by atoms with Crippen LogP contribution in [0.3, 0.4) is 0 Å². The summed E-state index contributed by atoms with van der Waals surface area (Å²) in [4.78, 5) is 0. The van der Waals surface area contributed by atoms with Crippen molar-refractivity contribution < 1.29 is 16.5 Å². The van der Waals surface area contributed by atoms with Crippen LogP contribution in [0.25, 0.3) is 0 Å². The molecule has 4 nitrogen and oxygen atoms in total. The van der Waals surface area contributed by atoms with E-state index in [0.29, 0.717) is 0 Å². The van der Waals surface area contributed by atoms with Crippen LogP contribution in [0.15, 0.2) is 24.3 Å². The van der Waals surface area contributed by atoms with Gasteiger partial charge in [-0.25, -0.2) is 0 Å². The van der Waals surface area contributed by atoms with Crippen LogP contribution >= 0.6 is 0 Å². The molecule has 0 bridgehead atoms. The Morgan fingerprint density at radius 1 is 0.636 bits per heavy atom. The fraction of sp³-hybridized carbons (Fsp3) is 0.571. The zero-order valence-corrected chi connectivity index (χ0v) is 18.9. The number of hydrogen-bond donors (Lipinski definition) is 0. The molecule has 0 N–H and O–H groups in total. The van der Waals surface area contributed by atoms with Crippen molar-refractivity contribution in [1.82, 2.24) is 0 Å². The average Bonchev–Trinajstić information content (AvgIpc) is 2.21. The Bertz CT molecular complexity index is 538. The van der Waals surface area contributed by atoms with Gasteiger partial charge in [0.15, 0.2) is 0 Å². The maximum atomic E-state index is 6.63. The molecule has 0 unspecified atom stereocenters. The van der Waals surface area contributed by atoms with E-state index < -0.39 is 34.2 Å². The lowest BCUT2D eigenvalue weighted by Gasteiger charge is -2.47. The van der Waals surface area contributed by atoms with Crippen LogP contribution in [0.2, 0.25) is 45.8 Å². The number of hydrogen-bond acceptors (Lipinski definition) is 4. The predicted molar refractivity (Wildman–Crippen MR) is 99.2 cm³/mol. The summed E-state index contributed by atoms with van der Waals surface area (Å²) in [5.41, 5.74) is 1.21. The number of rotatable bonds is 1. The molecule has 8 heteroatoms. The van der Waals surface area contributed by atoms with Gasteiger partial charge in [0.1, 0.15) is 0 Å². The second-order valence-electron chi connectivity index (χ2n) is 7.37. The first-order chi connectivity index (χ1) is 9.84. The van der Waals surface area contributed by atoms with Crippen molar-refractivity contribution in [3.63, 3.8) is 0 Å². The lowest BCUT2D eigenvalue weighted by Crippen LogP contribution is -2.69. The highest BCUT2D eigenvalue weighted by Gasteiger charge is 2.53. The monoisotopic (exact) mass is 372 g/mol. The third kappa shape index (κ3) is 4.26. The van der Waals surface area contributed by atoms with E-state index in [2.05, 4.69) is 71.0 Å². The van der Waals surface area contributed by atoms with Gasteiger partial charge in [-0.05, 0) is 63.5 Å². The van der Waals surface area contributed by atoms with Gasteiger partial charge < -0.3 is 16.5 Å². The van der Waals surface area contributed by atoms with E-state index in [9.17, 15) is 0 Å². The van der Waals surface area contributed by atoms with E-state index >= 15 is 0 Å². The maximum absolute atomic E-state index is 6.63. The fourth-order valence-corrected chi connectivity index (χ4v) is 24.6. The third-order valence-electron chi connectivity index (χ3n) is 3.50. The average molecular weight is 373 g/mol. The molecule has 1 aliphatic rings. The molecule has 0 radical (unpaired) electrons. The summed E-state index contributed by atoms with van der Waals surface area (Å²) in [5.74, 6) is 0. The molecule has 1 heterocycles. The zero-order valence-electron chi connectivity index (χ0n) is 14.9. The van der Waals surface area contributed by atoms with E-state index in [0.717, 1.165) is 0 Å². The SMILES string of the molecule is Cc1ccccc1[Si]1(C)O[Si](C)(C)O[Si](C)(C)O[Si](C)(C)O1. The summed E-state index contributed by atoms with van der Waals surface area (Å²) in [6.45, 7) is 16.8. The molecule has 0 spiro atoms. The van der Waals surface area contributed by atoms with Gasteiger partial charge in [-0.2, -0.15) is 0 Å². The van der Waals surface area contributed by atoms with Crippen LogP contribution in [0.4, 0.5) is 0 Å². The molecule has 2 rings (SSSR count). The van der Waals surface area contributed by atoms with Crippen molar-refractivity contribution in [2.45, 2.75) is 52.8 Å². The normalized spacial score (nSPS) is 26.0. The topological polar surface area (TPSA) is 36.9 Å². The van der Waals surface area contributed by atoms with Gasteiger partial charge in [-0.15, -0.1) is 0 Å². The lowest BCUT2D eigenvalue weighted by atomic mass is 10.2. The smallest absolute Gasteiger partial charge is 0.351 e. The lowest BCUT2D eigenvalue weighted by molar-refractivity contribution is 0.242. The summed E-state index contributed by atoms with van der Waals surface area (Å²) < 4.78 is 26.0. The summed E-state index contributed by atoms with van der Waals surface area (Å²) >= 11 is 0. The maximum Gasteiger partial charge on any atom is 0.351 e. The molecule has 0 amide bonds. The second-order valence-corrected chi connectivity index (χ2v) is 21.5. The van der Waals surface area contributed by atoms with Crippen LogP contribution in [0, 0.1) is 6.92 Å². The molecule has 1 aliphatic heterocycles. The van der Waals surface area contributed by atoms with Gasteiger partial charge >= 0.3 is 34.2 Å². The molecule has 1 saturated heterocycles. The first-order valence-corrected chi connectivity index (χ1v) is 18.5. The first-order valence-electron chi connectivity index (χ1n) is 7.71. The summed E-state index contributed by atoms with van der Waals surface area (Å²) in [6, 6.07) is 8.34. The molecule has 1 aromatic rings. The van der Waals surface area contributed by atoms with Crippen LogP contribution in [-0.2, 0) is 16.5 Å². The Hall–Kier alpha value is -0.0725. The fourth-order valence-electron chi connectivity index (χ4n) is 3.40. The van der Waals surface area contributed by atoms with Gasteiger partial charge in [0.05, 0.1) is 0 Å². The van der Waals surface area contributed by atoms with E-state index in [-0.39, 0.29) is 0 Å². The largest absolute Gasteiger partial charge is 0.416 e.